The number of hydrogen-bond donors (Lipinski definition) is 1. The molecule has 0 heterocycles. The molecular weight excluding hydrogens is 188 g/mol. The maximum Gasteiger partial charge on any atom is 0.0615 e. The normalized spacial score (nSPS) is 15.6. The van der Waals surface area contributed by atoms with E-state index in [1.807, 2.05) is 7.05 Å². The maximum absolute atomic E-state index is 5.18. The summed E-state index contributed by atoms with van der Waals surface area (Å²) in [6.07, 6.45) is 2.50. The van der Waals surface area contributed by atoms with E-state index in [9.17, 15) is 0 Å². The molecule has 3 nitrogen and oxygen atoms in total. The van der Waals surface area contributed by atoms with Crippen molar-refractivity contribution in [2.75, 3.05) is 33.9 Å². The summed E-state index contributed by atoms with van der Waals surface area (Å²) in [5, 5.41) is 3.27. The first-order valence-corrected chi connectivity index (χ1v) is 6.05. The van der Waals surface area contributed by atoms with E-state index >= 15 is 0 Å². The van der Waals surface area contributed by atoms with Crippen LogP contribution in [0, 0.1) is 0 Å². The fourth-order valence-electron chi connectivity index (χ4n) is 1.78. The summed E-state index contributed by atoms with van der Waals surface area (Å²) in [4.78, 5) is 2.48. The predicted molar refractivity (Wildman–Crippen MR) is 66.3 cm³/mol. The SMILES string of the molecule is CCN(CCCC(C)NC)C(C)COC. The lowest BCUT2D eigenvalue weighted by molar-refractivity contribution is 0.101. The van der Waals surface area contributed by atoms with Crippen molar-refractivity contribution in [2.24, 2.45) is 0 Å². The predicted octanol–water partition coefficient (Wildman–Crippen LogP) is 1.73. The molecule has 2 unspecified atom stereocenters. The molecule has 0 rings (SSSR count). The zero-order valence-electron chi connectivity index (χ0n) is 11.0. The lowest BCUT2D eigenvalue weighted by atomic mass is 10.1. The van der Waals surface area contributed by atoms with Crippen LogP contribution in [0.1, 0.15) is 33.6 Å². The van der Waals surface area contributed by atoms with Crippen LogP contribution >= 0.6 is 0 Å². The molecule has 0 aliphatic heterocycles. The Morgan fingerprint density at radius 1 is 1.33 bits per heavy atom. The summed E-state index contributed by atoms with van der Waals surface area (Å²) in [6.45, 7) is 9.79. The van der Waals surface area contributed by atoms with Crippen LogP contribution in [0.4, 0.5) is 0 Å². The quantitative estimate of drug-likeness (QED) is 0.635. The van der Waals surface area contributed by atoms with Crippen LogP contribution in [0.15, 0.2) is 0 Å². The summed E-state index contributed by atoms with van der Waals surface area (Å²) in [5.74, 6) is 0. The van der Waals surface area contributed by atoms with E-state index < -0.39 is 0 Å². The first-order valence-electron chi connectivity index (χ1n) is 6.05. The Kier molecular flexibility index (Phi) is 9.06. The van der Waals surface area contributed by atoms with Gasteiger partial charge >= 0.3 is 0 Å². The second-order valence-electron chi connectivity index (χ2n) is 4.26. The molecule has 15 heavy (non-hydrogen) atoms. The van der Waals surface area contributed by atoms with Crippen molar-refractivity contribution >= 4 is 0 Å². The molecule has 2 atom stereocenters. The van der Waals surface area contributed by atoms with Gasteiger partial charge in [0.25, 0.3) is 0 Å². The molecule has 0 aromatic rings. The van der Waals surface area contributed by atoms with E-state index in [0.29, 0.717) is 12.1 Å². The number of hydrogen-bond acceptors (Lipinski definition) is 3. The highest BCUT2D eigenvalue weighted by molar-refractivity contribution is 4.66. The van der Waals surface area contributed by atoms with E-state index in [2.05, 4.69) is 31.0 Å². The molecule has 0 aliphatic rings. The molecule has 0 amide bonds. The van der Waals surface area contributed by atoms with Crippen LogP contribution in [-0.4, -0.2) is 50.8 Å². The zero-order valence-corrected chi connectivity index (χ0v) is 11.0. The Bertz CT molecular complexity index is 142. The molecule has 0 aliphatic carbocycles. The van der Waals surface area contributed by atoms with Crippen LogP contribution in [0.5, 0.6) is 0 Å². The van der Waals surface area contributed by atoms with Gasteiger partial charge in [-0.1, -0.05) is 6.92 Å². The van der Waals surface area contributed by atoms with Gasteiger partial charge in [0.05, 0.1) is 6.61 Å². The van der Waals surface area contributed by atoms with Crippen LogP contribution in [0.3, 0.4) is 0 Å². The molecule has 3 heteroatoms. The van der Waals surface area contributed by atoms with Gasteiger partial charge in [0.15, 0.2) is 0 Å². The van der Waals surface area contributed by atoms with Gasteiger partial charge in [-0.25, -0.2) is 0 Å². The van der Waals surface area contributed by atoms with Crippen LogP contribution in [0.2, 0.25) is 0 Å². The highest BCUT2D eigenvalue weighted by Gasteiger charge is 2.11. The summed E-state index contributed by atoms with van der Waals surface area (Å²) in [5.41, 5.74) is 0. The lowest BCUT2D eigenvalue weighted by Crippen LogP contribution is -2.37. The van der Waals surface area contributed by atoms with Crippen LogP contribution in [-0.2, 0) is 4.74 Å². The number of ether oxygens (including phenoxy) is 1. The Morgan fingerprint density at radius 2 is 2.00 bits per heavy atom. The number of nitrogens with one attached hydrogen (secondary N) is 1. The molecule has 0 fully saturated rings. The van der Waals surface area contributed by atoms with Crippen molar-refractivity contribution < 1.29 is 4.74 Å². The Hall–Kier alpha value is -0.120. The number of methoxy groups -OCH3 is 1. The highest BCUT2D eigenvalue weighted by Crippen LogP contribution is 2.04. The molecular formula is C12H28N2O. The average Bonchev–Trinajstić information content (AvgIpc) is 2.24. The van der Waals surface area contributed by atoms with Gasteiger partial charge in [-0.05, 0) is 46.8 Å². The average molecular weight is 216 g/mol. The Labute approximate surface area is 95.2 Å². The molecule has 0 saturated heterocycles. The third kappa shape index (κ3) is 6.88. The maximum atomic E-state index is 5.18. The zero-order chi connectivity index (χ0) is 11.7. The summed E-state index contributed by atoms with van der Waals surface area (Å²) < 4.78 is 5.18. The minimum atomic E-state index is 0.532. The molecule has 0 aromatic heterocycles. The molecule has 0 bridgehead atoms. The van der Waals surface area contributed by atoms with Gasteiger partial charge < -0.3 is 10.1 Å². The minimum Gasteiger partial charge on any atom is -0.383 e. The van der Waals surface area contributed by atoms with Crippen molar-refractivity contribution in [2.45, 2.75) is 45.7 Å². The van der Waals surface area contributed by atoms with E-state index in [4.69, 9.17) is 4.74 Å². The lowest BCUT2D eigenvalue weighted by Gasteiger charge is -2.27. The smallest absolute Gasteiger partial charge is 0.0615 e. The van der Waals surface area contributed by atoms with Crippen molar-refractivity contribution in [3.8, 4) is 0 Å². The van der Waals surface area contributed by atoms with Gasteiger partial charge in [0.2, 0.25) is 0 Å². The van der Waals surface area contributed by atoms with Crippen LogP contribution in [0.25, 0.3) is 0 Å². The summed E-state index contributed by atoms with van der Waals surface area (Å²) in [6, 6.07) is 1.16. The van der Waals surface area contributed by atoms with Crippen molar-refractivity contribution in [3.05, 3.63) is 0 Å². The first kappa shape index (κ1) is 14.9. The van der Waals surface area contributed by atoms with Crippen LogP contribution < -0.4 is 5.32 Å². The Balaban J connectivity index is 3.69. The number of nitrogens with zero attached hydrogens (tertiary/aromatic N) is 1. The van der Waals surface area contributed by atoms with Crippen molar-refractivity contribution in [3.63, 3.8) is 0 Å². The summed E-state index contributed by atoms with van der Waals surface area (Å²) >= 11 is 0. The van der Waals surface area contributed by atoms with E-state index in [1.165, 1.54) is 19.4 Å². The van der Waals surface area contributed by atoms with Gasteiger partial charge in [-0.3, -0.25) is 4.90 Å². The molecule has 0 aromatic carbocycles. The standard InChI is InChI=1S/C12H28N2O/c1-6-14(12(3)10-15-5)9-7-8-11(2)13-4/h11-13H,6-10H2,1-5H3. The first-order chi connectivity index (χ1) is 7.15. The Morgan fingerprint density at radius 3 is 2.47 bits per heavy atom. The molecule has 1 N–H and O–H groups in total. The summed E-state index contributed by atoms with van der Waals surface area (Å²) in [7, 11) is 3.79. The minimum absolute atomic E-state index is 0.532. The number of rotatable bonds is 9. The molecule has 92 valence electrons. The fraction of sp³-hybridized carbons (Fsp3) is 1.00. The van der Waals surface area contributed by atoms with Crippen molar-refractivity contribution in [1.82, 2.24) is 10.2 Å². The second-order valence-corrected chi connectivity index (χ2v) is 4.26. The van der Waals surface area contributed by atoms with Crippen molar-refractivity contribution in [1.29, 1.82) is 0 Å². The molecule has 0 saturated carbocycles. The largest absolute Gasteiger partial charge is 0.383 e. The monoisotopic (exact) mass is 216 g/mol. The second kappa shape index (κ2) is 9.13. The van der Waals surface area contributed by atoms with Gasteiger partial charge in [-0.2, -0.15) is 0 Å². The van der Waals surface area contributed by atoms with Gasteiger partial charge in [-0.15, -0.1) is 0 Å². The fourth-order valence-corrected chi connectivity index (χ4v) is 1.78. The van der Waals surface area contributed by atoms with E-state index in [1.54, 1.807) is 7.11 Å². The molecule has 0 radical (unpaired) electrons. The molecule has 0 spiro atoms. The van der Waals surface area contributed by atoms with E-state index in [0.717, 1.165) is 13.2 Å². The van der Waals surface area contributed by atoms with E-state index in [-0.39, 0.29) is 0 Å². The number of likely N-dealkylation sites (N-methyl/N-ethyl adjacent to an activating group) is 1. The van der Waals surface area contributed by atoms with Gasteiger partial charge in [0.1, 0.15) is 0 Å². The third-order valence-electron chi connectivity index (χ3n) is 3.01. The third-order valence-corrected chi connectivity index (χ3v) is 3.01. The topological polar surface area (TPSA) is 24.5 Å². The highest BCUT2D eigenvalue weighted by atomic mass is 16.5. The van der Waals surface area contributed by atoms with Gasteiger partial charge in [0, 0.05) is 19.2 Å².